The minimum absolute atomic E-state index is 0.171. The van der Waals surface area contributed by atoms with E-state index < -0.39 is 0 Å². The summed E-state index contributed by atoms with van der Waals surface area (Å²) in [5.41, 5.74) is -0.185. The maximum atomic E-state index is 12.6. The van der Waals surface area contributed by atoms with E-state index in [1.165, 1.54) is 6.20 Å². The van der Waals surface area contributed by atoms with Gasteiger partial charge in [0.1, 0.15) is 11.4 Å². The van der Waals surface area contributed by atoms with Crippen molar-refractivity contribution in [3.63, 3.8) is 0 Å². The summed E-state index contributed by atoms with van der Waals surface area (Å²) in [6.45, 7) is 3.09. The lowest BCUT2D eigenvalue weighted by molar-refractivity contribution is 0.0629. The number of amides is 1. The van der Waals surface area contributed by atoms with Crippen LogP contribution in [0.2, 0.25) is 0 Å². The standard InChI is InChI=1S/C15H17N5O2/c1-9-13-17-12(10-4-5-10)18-20(13)8-7-19(9)15(22)11-3-2-6-16-14(11)21/h2-3,6,9-10H,4-5,7-8H2,1H3,(H,16,21)/t9-/m1/s1. The Morgan fingerprint density at radius 1 is 1.36 bits per heavy atom. The second-order valence-electron chi connectivity index (χ2n) is 5.91. The van der Waals surface area contributed by atoms with Gasteiger partial charge in [-0.1, -0.05) is 0 Å². The van der Waals surface area contributed by atoms with E-state index in [0.29, 0.717) is 19.0 Å². The number of H-pyrrole nitrogens is 1. The number of nitrogens with zero attached hydrogens (tertiary/aromatic N) is 4. The zero-order valence-corrected chi connectivity index (χ0v) is 12.3. The average Bonchev–Trinajstić information content (AvgIpc) is 3.27. The molecule has 0 unspecified atom stereocenters. The Morgan fingerprint density at radius 2 is 2.18 bits per heavy atom. The summed E-state index contributed by atoms with van der Waals surface area (Å²) in [5.74, 6) is 1.95. The van der Waals surface area contributed by atoms with E-state index in [0.717, 1.165) is 24.5 Å². The first-order valence-electron chi connectivity index (χ1n) is 7.58. The van der Waals surface area contributed by atoms with Gasteiger partial charge in [-0.15, -0.1) is 0 Å². The van der Waals surface area contributed by atoms with Crippen molar-refractivity contribution in [2.45, 2.75) is 38.3 Å². The number of nitrogens with one attached hydrogen (secondary N) is 1. The molecule has 1 saturated carbocycles. The molecule has 2 aromatic rings. The molecule has 0 aromatic carbocycles. The van der Waals surface area contributed by atoms with Crippen LogP contribution in [0.4, 0.5) is 0 Å². The zero-order valence-electron chi connectivity index (χ0n) is 12.3. The fraction of sp³-hybridized carbons (Fsp3) is 0.467. The minimum atomic E-state index is -0.356. The summed E-state index contributed by atoms with van der Waals surface area (Å²) in [6, 6.07) is 3.04. The van der Waals surface area contributed by atoms with Gasteiger partial charge in [0.25, 0.3) is 11.5 Å². The number of hydrogen-bond acceptors (Lipinski definition) is 4. The summed E-state index contributed by atoms with van der Waals surface area (Å²) in [6.07, 6.45) is 3.83. The van der Waals surface area contributed by atoms with Crippen LogP contribution in [0.1, 0.15) is 53.7 Å². The largest absolute Gasteiger partial charge is 0.328 e. The first kappa shape index (κ1) is 13.2. The lowest BCUT2D eigenvalue weighted by atomic mass is 10.1. The highest BCUT2D eigenvalue weighted by molar-refractivity contribution is 5.94. The molecule has 0 saturated heterocycles. The van der Waals surface area contributed by atoms with Gasteiger partial charge in [-0.2, -0.15) is 5.10 Å². The summed E-state index contributed by atoms with van der Waals surface area (Å²) in [5, 5.41) is 4.55. The number of pyridine rings is 1. The van der Waals surface area contributed by atoms with Gasteiger partial charge in [0.05, 0.1) is 12.6 Å². The van der Waals surface area contributed by atoms with Crippen LogP contribution in [0.15, 0.2) is 23.1 Å². The molecule has 22 heavy (non-hydrogen) atoms. The molecule has 1 aliphatic carbocycles. The van der Waals surface area contributed by atoms with Gasteiger partial charge >= 0.3 is 0 Å². The molecule has 0 bridgehead atoms. The molecule has 1 aliphatic heterocycles. The van der Waals surface area contributed by atoms with E-state index >= 15 is 0 Å². The Kier molecular flexibility index (Phi) is 2.88. The van der Waals surface area contributed by atoms with Crippen molar-refractivity contribution in [1.82, 2.24) is 24.6 Å². The van der Waals surface area contributed by atoms with Crippen LogP contribution in [0.25, 0.3) is 0 Å². The average molecular weight is 299 g/mol. The highest BCUT2D eigenvalue weighted by Crippen LogP contribution is 2.39. The normalized spacial score (nSPS) is 20.8. The first-order valence-corrected chi connectivity index (χ1v) is 7.58. The highest BCUT2D eigenvalue weighted by Gasteiger charge is 2.35. The molecule has 1 amide bonds. The third-order valence-electron chi connectivity index (χ3n) is 4.36. The Bertz CT molecular complexity index is 789. The van der Waals surface area contributed by atoms with Gasteiger partial charge in [-0.3, -0.25) is 9.59 Å². The van der Waals surface area contributed by atoms with Crippen molar-refractivity contribution in [2.24, 2.45) is 0 Å². The van der Waals surface area contributed by atoms with Crippen LogP contribution >= 0.6 is 0 Å². The number of carbonyl (C=O) groups is 1. The predicted octanol–water partition coefficient (Wildman–Crippen LogP) is 1.06. The molecular weight excluding hydrogens is 282 g/mol. The number of rotatable bonds is 2. The lowest BCUT2D eigenvalue weighted by Crippen LogP contribution is -2.43. The first-order chi connectivity index (χ1) is 10.6. The van der Waals surface area contributed by atoms with Gasteiger partial charge in [0, 0.05) is 18.7 Å². The van der Waals surface area contributed by atoms with Crippen LogP contribution in [-0.4, -0.2) is 37.1 Å². The van der Waals surface area contributed by atoms with E-state index in [1.54, 1.807) is 17.0 Å². The second kappa shape index (κ2) is 4.79. The van der Waals surface area contributed by atoms with E-state index in [4.69, 9.17) is 0 Å². The van der Waals surface area contributed by atoms with Crippen molar-refractivity contribution >= 4 is 5.91 Å². The SMILES string of the molecule is C[C@@H]1c2nc(C3CC3)nn2CCN1C(=O)c1ccc[nH]c1=O. The highest BCUT2D eigenvalue weighted by atomic mass is 16.2. The van der Waals surface area contributed by atoms with Crippen molar-refractivity contribution in [3.8, 4) is 0 Å². The fourth-order valence-electron chi connectivity index (χ4n) is 2.92. The molecule has 0 spiro atoms. The Balaban J connectivity index is 1.65. The van der Waals surface area contributed by atoms with Gasteiger partial charge in [0.2, 0.25) is 0 Å². The molecule has 1 atom stereocenters. The van der Waals surface area contributed by atoms with Gasteiger partial charge in [-0.05, 0) is 31.9 Å². The Morgan fingerprint density at radius 3 is 2.91 bits per heavy atom. The maximum absolute atomic E-state index is 12.6. The van der Waals surface area contributed by atoms with Gasteiger partial charge < -0.3 is 9.88 Å². The fourth-order valence-corrected chi connectivity index (χ4v) is 2.92. The number of hydrogen-bond donors (Lipinski definition) is 1. The zero-order chi connectivity index (χ0) is 15.3. The van der Waals surface area contributed by atoms with Crippen molar-refractivity contribution in [2.75, 3.05) is 6.54 Å². The molecule has 4 rings (SSSR count). The predicted molar refractivity (Wildman–Crippen MR) is 78.5 cm³/mol. The number of fused-ring (bicyclic) bond motifs is 1. The minimum Gasteiger partial charge on any atom is -0.328 e. The van der Waals surface area contributed by atoms with Crippen LogP contribution in [0.3, 0.4) is 0 Å². The quantitative estimate of drug-likeness (QED) is 0.898. The summed E-state index contributed by atoms with van der Waals surface area (Å²) in [7, 11) is 0. The van der Waals surface area contributed by atoms with Gasteiger partial charge in [-0.25, -0.2) is 9.67 Å². The lowest BCUT2D eigenvalue weighted by Gasteiger charge is -2.32. The van der Waals surface area contributed by atoms with E-state index in [9.17, 15) is 9.59 Å². The third-order valence-corrected chi connectivity index (χ3v) is 4.36. The van der Waals surface area contributed by atoms with Crippen molar-refractivity contribution in [3.05, 3.63) is 45.9 Å². The monoisotopic (exact) mass is 299 g/mol. The molecule has 1 N–H and O–H groups in total. The van der Waals surface area contributed by atoms with Crippen molar-refractivity contribution in [1.29, 1.82) is 0 Å². The summed E-state index contributed by atoms with van der Waals surface area (Å²) in [4.78, 5) is 33.3. The van der Waals surface area contributed by atoms with Crippen LogP contribution in [0.5, 0.6) is 0 Å². The summed E-state index contributed by atoms with van der Waals surface area (Å²) >= 11 is 0. The van der Waals surface area contributed by atoms with E-state index in [-0.39, 0.29) is 23.1 Å². The molecule has 114 valence electrons. The van der Waals surface area contributed by atoms with E-state index in [1.807, 2.05) is 11.6 Å². The van der Waals surface area contributed by atoms with Crippen LogP contribution < -0.4 is 5.56 Å². The number of aromatic nitrogens is 4. The molecule has 2 aliphatic rings. The van der Waals surface area contributed by atoms with E-state index in [2.05, 4.69) is 15.1 Å². The van der Waals surface area contributed by atoms with Crippen LogP contribution in [-0.2, 0) is 6.54 Å². The van der Waals surface area contributed by atoms with Gasteiger partial charge in [0.15, 0.2) is 5.82 Å². The summed E-state index contributed by atoms with van der Waals surface area (Å²) < 4.78 is 1.90. The topological polar surface area (TPSA) is 83.9 Å². The molecule has 3 heterocycles. The molecule has 7 heteroatoms. The molecular formula is C15H17N5O2. The van der Waals surface area contributed by atoms with Crippen molar-refractivity contribution < 1.29 is 4.79 Å². The number of aromatic amines is 1. The smallest absolute Gasteiger partial charge is 0.260 e. The second-order valence-corrected chi connectivity index (χ2v) is 5.91. The maximum Gasteiger partial charge on any atom is 0.260 e. The molecule has 0 radical (unpaired) electrons. The number of carbonyl (C=O) groups excluding carboxylic acids is 1. The third kappa shape index (κ3) is 2.04. The van der Waals surface area contributed by atoms with Crippen LogP contribution in [0, 0.1) is 0 Å². The Hall–Kier alpha value is -2.44. The molecule has 2 aromatic heterocycles. The molecule has 7 nitrogen and oxygen atoms in total. The molecule has 1 fully saturated rings. The Labute approximate surface area is 127 Å².